The summed E-state index contributed by atoms with van der Waals surface area (Å²) >= 11 is 5.85. The lowest BCUT2D eigenvalue weighted by atomic mass is 9.79. The van der Waals surface area contributed by atoms with Crippen molar-refractivity contribution < 1.29 is 19.1 Å². The second-order valence-corrected chi connectivity index (χ2v) is 8.37. The Balaban J connectivity index is 2.00. The van der Waals surface area contributed by atoms with Crippen LogP contribution in [0.2, 0.25) is 5.15 Å². The predicted octanol–water partition coefficient (Wildman–Crippen LogP) is 4.78. The number of para-hydroxylation sites is 1. The first-order valence-electron chi connectivity index (χ1n) is 10.8. The molecule has 0 saturated heterocycles. The van der Waals surface area contributed by atoms with Crippen molar-refractivity contribution in [1.82, 2.24) is 9.88 Å². The molecule has 2 radical (unpaired) electrons. The molecule has 8 heteroatoms. The number of amides is 1. The van der Waals surface area contributed by atoms with Crippen molar-refractivity contribution in [2.24, 2.45) is 0 Å². The van der Waals surface area contributed by atoms with Crippen molar-refractivity contribution in [1.29, 1.82) is 0 Å². The quantitative estimate of drug-likeness (QED) is 0.199. The number of unbranched alkanes of at least 4 members (excludes halogenated alkanes) is 2. The lowest BCUT2D eigenvalue weighted by Crippen LogP contribution is -2.47. The summed E-state index contributed by atoms with van der Waals surface area (Å²) in [7, 11) is 6.33. The van der Waals surface area contributed by atoms with Gasteiger partial charge in [0, 0.05) is 24.7 Å². The molecule has 0 spiro atoms. The minimum atomic E-state index is -0.906. The third-order valence-electron chi connectivity index (χ3n) is 4.80. The van der Waals surface area contributed by atoms with Crippen LogP contribution in [0, 0.1) is 0 Å². The van der Waals surface area contributed by atoms with Crippen molar-refractivity contribution in [2.75, 3.05) is 13.2 Å². The molecule has 32 heavy (non-hydrogen) atoms. The Hall–Kier alpha value is -2.54. The molecule has 0 aliphatic carbocycles. The fourth-order valence-electron chi connectivity index (χ4n) is 3.10. The van der Waals surface area contributed by atoms with E-state index in [1.54, 1.807) is 37.8 Å². The molecule has 0 N–H and O–H groups in total. The Kier molecular flexibility index (Phi) is 10.0. The number of esters is 1. The van der Waals surface area contributed by atoms with E-state index >= 15 is 0 Å². The molecule has 6 nitrogen and oxygen atoms in total. The number of benzene rings is 1. The summed E-state index contributed by atoms with van der Waals surface area (Å²) in [6.07, 6.45) is 4.32. The lowest BCUT2D eigenvalue weighted by molar-refractivity contribution is -0.143. The maximum Gasteiger partial charge on any atom is 0.305 e. The smallest absolute Gasteiger partial charge is 0.305 e. The van der Waals surface area contributed by atoms with Gasteiger partial charge in [-0.3, -0.25) is 9.59 Å². The van der Waals surface area contributed by atoms with Crippen LogP contribution >= 0.6 is 11.6 Å². The van der Waals surface area contributed by atoms with Crippen molar-refractivity contribution in [3.05, 3.63) is 58.9 Å². The van der Waals surface area contributed by atoms with Crippen LogP contribution in [0.4, 0.5) is 0 Å². The summed E-state index contributed by atoms with van der Waals surface area (Å²) in [6, 6.07) is 10.8. The molecule has 0 bridgehead atoms. The predicted molar refractivity (Wildman–Crippen MR) is 126 cm³/mol. The summed E-state index contributed by atoms with van der Waals surface area (Å²) in [5.74, 6) is 0.299. The van der Waals surface area contributed by atoms with Crippen LogP contribution in [0.5, 0.6) is 5.75 Å². The number of hydrogen-bond acceptors (Lipinski definition) is 5. The fourth-order valence-corrected chi connectivity index (χ4v) is 3.22. The number of carbonyl (C=O) groups is 2. The van der Waals surface area contributed by atoms with Crippen LogP contribution in [0.15, 0.2) is 42.6 Å². The van der Waals surface area contributed by atoms with Gasteiger partial charge in [0.15, 0.2) is 0 Å². The molecule has 0 saturated carbocycles. The largest absolute Gasteiger partial charge is 0.493 e. The molecule has 1 aromatic carbocycles. The van der Waals surface area contributed by atoms with Gasteiger partial charge in [0.1, 0.15) is 18.7 Å². The van der Waals surface area contributed by atoms with Gasteiger partial charge in [0.25, 0.3) is 5.91 Å². The highest BCUT2D eigenvalue weighted by atomic mass is 35.5. The van der Waals surface area contributed by atoms with E-state index in [1.165, 1.54) is 6.20 Å². The minimum absolute atomic E-state index is 0.163. The van der Waals surface area contributed by atoms with Gasteiger partial charge >= 0.3 is 5.97 Å². The van der Waals surface area contributed by atoms with Gasteiger partial charge in [-0.25, -0.2) is 4.98 Å². The van der Waals surface area contributed by atoms with E-state index in [4.69, 9.17) is 28.9 Å². The first kappa shape index (κ1) is 25.7. The Labute approximate surface area is 196 Å². The highest BCUT2D eigenvalue weighted by Crippen LogP contribution is 2.25. The van der Waals surface area contributed by atoms with Crippen LogP contribution in [0.25, 0.3) is 0 Å². The van der Waals surface area contributed by atoms with Gasteiger partial charge in [-0.05, 0) is 49.8 Å². The number of aromatic nitrogens is 1. The third kappa shape index (κ3) is 8.19. The van der Waals surface area contributed by atoms with Gasteiger partial charge in [0.05, 0.1) is 18.8 Å². The highest BCUT2D eigenvalue weighted by Gasteiger charge is 2.28. The molecular formula is C24H30BClN2O4. The van der Waals surface area contributed by atoms with Crippen LogP contribution in [0.3, 0.4) is 0 Å². The Morgan fingerprint density at radius 3 is 2.53 bits per heavy atom. The first-order chi connectivity index (χ1) is 15.2. The number of rotatable bonds is 12. The maximum absolute atomic E-state index is 13.1. The van der Waals surface area contributed by atoms with Crippen LogP contribution in [-0.2, 0) is 16.1 Å². The average Bonchev–Trinajstić information content (AvgIpc) is 2.74. The summed E-state index contributed by atoms with van der Waals surface area (Å²) < 4.78 is 10.9. The molecule has 2 aromatic rings. The van der Waals surface area contributed by atoms with E-state index in [1.807, 2.05) is 24.3 Å². The Morgan fingerprint density at radius 2 is 1.88 bits per heavy atom. The summed E-state index contributed by atoms with van der Waals surface area (Å²) in [5.41, 5.74) is 0.359. The van der Waals surface area contributed by atoms with Crippen molar-refractivity contribution in [2.45, 2.75) is 58.4 Å². The van der Waals surface area contributed by atoms with Gasteiger partial charge in [-0.15, -0.1) is 0 Å². The normalized spacial score (nSPS) is 11.1. The van der Waals surface area contributed by atoms with Gasteiger partial charge in [0.2, 0.25) is 0 Å². The number of carbonyl (C=O) groups excluding carboxylic acids is 2. The summed E-state index contributed by atoms with van der Waals surface area (Å²) in [5, 5.41) is 0.320. The van der Waals surface area contributed by atoms with E-state index in [0.717, 1.165) is 24.8 Å². The molecule has 0 fully saturated rings. The van der Waals surface area contributed by atoms with Gasteiger partial charge < -0.3 is 14.4 Å². The monoisotopic (exact) mass is 456 g/mol. The van der Waals surface area contributed by atoms with Crippen LogP contribution < -0.4 is 4.74 Å². The third-order valence-corrected chi connectivity index (χ3v) is 5.03. The van der Waals surface area contributed by atoms with Gasteiger partial charge in [-0.1, -0.05) is 43.6 Å². The minimum Gasteiger partial charge on any atom is -0.493 e. The SMILES string of the molecule is [B]C(C)(C)N(Cc1ccccc1OCCCCCC(=O)OCC)C(=O)c1ccc(Cl)nc1. The van der Waals surface area contributed by atoms with E-state index in [-0.39, 0.29) is 18.4 Å². The number of halogens is 1. The highest BCUT2D eigenvalue weighted by molar-refractivity contribution is 6.29. The first-order valence-corrected chi connectivity index (χ1v) is 11.2. The van der Waals surface area contributed by atoms with E-state index in [0.29, 0.717) is 36.1 Å². The molecule has 1 aromatic heterocycles. The van der Waals surface area contributed by atoms with E-state index < -0.39 is 5.44 Å². The Morgan fingerprint density at radius 1 is 1.12 bits per heavy atom. The maximum atomic E-state index is 13.1. The van der Waals surface area contributed by atoms with Crippen LogP contribution in [0.1, 0.15) is 62.4 Å². The zero-order chi connectivity index (χ0) is 23.6. The number of nitrogens with zero attached hydrogens (tertiary/aromatic N) is 2. The van der Waals surface area contributed by atoms with Crippen molar-refractivity contribution in [3.8, 4) is 5.75 Å². The van der Waals surface area contributed by atoms with Crippen molar-refractivity contribution in [3.63, 3.8) is 0 Å². The molecule has 0 atom stereocenters. The van der Waals surface area contributed by atoms with Crippen molar-refractivity contribution >= 4 is 31.3 Å². The zero-order valence-electron chi connectivity index (χ0n) is 19.0. The molecule has 0 aliphatic rings. The number of ether oxygens (including phenoxy) is 2. The molecule has 170 valence electrons. The number of pyridine rings is 1. The number of hydrogen-bond donors (Lipinski definition) is 0. The zero-order valence-corrected chi connectivity index (χ0v) is 19.7. The Bertz CT molecular complexity index is 884. The van der Waals surface area contributed by atoms with E-state index in [2.05, 4.69) is 4.98 Å². The molecule has 0 unspecified atom stereocenters. The van der Waals surface area contributed by atoms with Gasteiger partial charge in [-0.2, -0.15) is 0 Å². The summed E-state index contributed by atoms with van der Waals surface area (Å²) in [6.45, 7) is 6.57. The second-order valence-electron chi connectivity index (χ2n) is 7.99. The lowest BCUT2D eigenvalue weighted by Gasteiger charge is -2.37. The summed E-state index contributed by atoms with van der Waals surface area (Å²) in [4.78, 5) is 30.1. The second kappa shape index (κ2) is 12.5. The molecule has 0 aliphatic heterocycles. The molecular weight excluding hydrogens is 427 g/mol. The average molecular weight is 457 g/mol. The molecule has 2 rings (SSSR count). The molecule has 1 amide bonds. The van der Waals surface area contributed by atoms with Crippen LogP contribution in [-0.4, -0.2) is 48.3 Å². The standard InChI is InChI=1S/C24H30BClN2O4/c1-4-31-22(29)12-6-5-9-15-32-20-11-8-7-10-19(20)17-28(24(2,3)25)23(30)18-13-14-21(26)27-16-18/h7-8,10-11,13-14,16H,4-6,9,12,15,17H2,1-3H3. The topological polar surface area (TPSA) is 68.7 Å². The molecule has 1 heterocycles. The fraction of sp³-hybridized carbons (Fsp3) is 0.458. The van der Waals surface area contributed by atoms with E-state index in [9.17, 15) is 9.59 Å².